The van der Waals surface area contributed by atoms with E-state index in [0.29, 0.717) is 34.4 Å². The van der Waals surface area contributed by atoms with E-state index in [1.807, 2.05) is 6.07 Å². The smallest absolute Gasteiger partial charge is 0.257 e. The van der Waals surface area contributed by atoms with Gasteiger partial charge in [-0.2, -0.15) is 0 Å². The highest BCUT2D eigenvalue weighted by Crippen LogP contribution is 2.28. The van der Waals surface area contributed by atoms with Crippen LogP contribution in [0.4, 0.5) is 15.8 Å². The average Bonchev–Trinajstić information content (AvgIpc) is 3.21. The van der Waals surface area contributed by atoms with Gasteiger partial charge in [-0.3, -0.25) is 19.2 Å². The van der Waals surface area contributed by atoms with Crippen molar-refractivity contribution in [3.05, 3.63) is 54.5 Å². The molecule has 2 N–H and O–H groups in total. The first-order chi connectivity index (χ1) is 15.0. The van der Waals surface area contributed by atoms with E-state index < -0.39 is 11.7 Å². The van der Waals surface area contributed by atoms with Gasteiger partial charge in [-0.1, -0.05) is 0 Å². The van der Waals surface area contributed by atoms with E-state index >= 15 is 0 Å². The summed E-state index contributed by atoms with van der Waals surface area (Å²) in [4.78, 5) is 24.3. The van der Waals surface area contributed by atoms with E-state index in [2.05, 4.69) is 49.5 Å². The van der Waals surface area contributed by atoms with E-state index in [4.69, 9.17) is 0 Å². The molecule has 0 aliphatic carbocycles. The van der Waals surface area contributed by atoms with Crippen molar-refractivity contribution in [2.24, 2.45) is 0 Å². The Morgan fingerprint density at radius 1 is 1.16 bits per heavy atom. The second kappa shape index (κ2) is 7.55. The van der Waals surface area contributed by atoms with Crippen molar-refractivity contribution in [3.63, 3.8) is 0 Å². The van der Waals surface area contributed by atoms with E-state index in [0.717, 1.165) is 18.8 Å². The first kappa shape index (κ1) is 19.3. The molecule has 1 aliphatic heterocycles. The Kier molecular flexibility index (Phi) is 4.70. The van der Waals surface area contributed by atoms with Crippen molar-refractivity contribution >= 4 is 34.0 Å². The third-order valence-electron chi connectivity index (χ3n) is 5.35. The van der Waals surface area contributed by atoms with Gasteiger partial charge in [0, 0.05) is 49.8 Å². The predicted molar refractivity (Wildman–Crippen MR) is 115 cm³/mol. The summed E-state index contributed by atoms with van der Waals surface area (Å²) in [6.07, 6.45) is 6.12. The van der Waals surface area contributed by atoms with Crippen LogP contribution in [0.1, 0.15) is 24.2 Å². The van der Waals surface area contributed by atoms with Crippen molar-refractivity contribution in [2.45, 2.75) is 25.9 Å². The molecule has 0 radical (unpaired) electrons. The van der Waals surface area contributed by atoms with Gasteiger partial charge in [0.1, 0.15) is 17.4 Å². The van der Waals surface area contributed by atoms with Gasteiger partial charge < -0.3 is 15.5 Å². The molecule has 0 bridgehead atoms. The zero-order valence-electron chi connectivity index (χ0n) is 17.1. The van der Waals surface area contributed by atoms with E-state index in [9.17, 15) is 9.18 Å². The number of aromatic nitrogens is 5. The summed E-state index contributed by atoms with van der Waals surface area (Å²) in [5, 5.41) is 13.6. The van der Waals surface area contributed by atoms with Crippen LogP contribution in [0.2, 0.25) is 0 Å². The molecular weight excluding hydrogens is 399 g/mol. The number of pyridine rings is 1. The van der Waals surface area contributed by atoms with Gasteiger partial charge in [-0.15, -0.1) is 10.2 Å². The number of rotatable bonds is 3. The van der Waals surface area contributed by atoms with Crippen LogP contribution in [0.25, 0.3) is 16.7 Å². The monoisotopic (exact) mass is 420 g/mol. The summed E-state index contributed by atoms with van der Waals surface area (Å²) >= 11 is 0. The molecule has 10 heteroatoms. The lowest BCUT2D eigenvalue weighted by Gasteiger charge is -2.38. The molecule has 158 valence electrons. The fourth-order valence-electron chi connectivity index (χ4n) is 4.17. The third-order valence-corrected chi connectivity index (χ3v) is 5.35. The molecule has 31 heavy (non-hydrogen) atoms. The molecule has 0 unspecified atom stereocenters. The van der Waals surface area contributed by atoms with Gasteiger partial charge in [0.25, 0.3) is 5.91 Å². The van der Waals surface area contributed by atoms with Gasteiger partial charge in [-0.05, 0) is 26.0 Å². The highest BCUT2D eigenvalue weighted by molar-refractivity contribution is 6.13. The minimum atomic E-state index is -0.572. The van der Waals surface area contributed by atoms with Crippen LogP contribution >= 0.6 is 0 Å². The fourth-order valence-corrected chi connectivity index (χ4v) is 4.17. The summed E-state index contributed by atoms with van der Waals surface area (Å²) in [6.45, 7) is 5.95. The van der Waals surface area contributed by atoms with Crippen LogP contribution in [-0.4, -0.2) is 55.6 Å². The Labute approximate surface area is 177 Å². The average molecular weight is 420 g/mol. The second-order valence-corrected chi connectivity index (χ2v) is 7.85. The van der Waals surface area contributed by atoms with E-state index in [-0.39, 0.29) is 5.65 Å². The number of halogens is 1. The molecule has 5 rings (SSSR count). The number of hydrogen-bond acceptors (Lipinski definition) is 7. The van der Waals surface area contributed by atoms with Gasteiger partial charge in [0.05, 0.1) is 16.9 Å². The first-order valence-electron chi connectivity index (χ1n) is 10.0. The molecule has 1 amide bonds. The van der Waals surface area contributed by atoms with Crippen LogP contribution in [0.15, 0.2) is 43.1 Å². The molecule has 1 aromatic carbocycles. The number of anilines is 2. The van der Waals surface area contributed by atoms with E-state index in [1.165, 1.54) is 16.8 Å². The number of carbonyl (C=O) groups is 1. The predicted octanol–water partition coefficient (Wildman–Crippen LogP) is 2.25. The lowest BCUT2D eigenvalue weighted by molar-refractivity contribution is 0.102. The largest absolute Gasteiger partial charge is 0.367 e. The minimum absolute atomic E-state index is 0.0955. The molecule has 0 saturated carbocycles. The topological polar surface area (TPSA) is 100 Å². The molecule has 9 nitrogen and oxygen atoms in total. The van der Waals surface area contributed by atoms with Crippen molar-refractivity contribution in [2.75, 3.05) is 23.3 Å². The number of fused-ring (bicyclic) bond motifs is 2. The number of benzene rings is 1. The molecular formula is C21H21FN8O. The van der Waals surface area contributed by atoms with Crippen molar-refractivity contribution in [1.29, 1.82) is 0 Å². The van der Waals surface area contributed by atoms with Crippen molar-refractivity contribution in [3.8, 4) is 0 Å². The lowest BCUT2D eigenvalue weighted by Crippen LogP contribution is -2.54. The summed E-state index contributed by atoms with van der Waals surface area (Å²) < 4.78 is 15.6. The molecule has 3 aromatic heterocycles. The number of nitrogens with zero attached hydrogens (tertiary/aromatic N) is 6. The number of amides is 1. The molecule has 1 fully saturated rings. The number of hydrogen-bond donors (Lipinski definition) is 2. The minimum Gasteiger partial charge on any atom is -0.367 e. The zero-order chi connectivity index (χ0) is 21.5. The zero-order valence-corrected chi connectivity index (χ0v) is 17.1. The molecule has 2 atom stereocenters. The Hall–Kier alpha value is -3.66. The van der Waals surface area contributed by atoms with Crippen molar-refractivity contribution < 1.29 is 9.18 Å². The summed E-state index contributed by atoms with van der Waals surface area (Å²) in [7, 11) is 0. The Bertz CT molecular complexity index is 1280. The van der Waals surface area contributed by atoms with Crippen LogP contribution in [0.3, 0.4) is 0 Å². The Morgan fingerprint density at radius 2 is 1.90 bits per heavy atom. The standard InChI is InChI=1S/C21H21FN8O/c1-12-8-29(9-13(2)26-12)17-4-3-15(18-19(17)24-6-5-23-18)21(31)27-14-7-16(22)20-28-25-11-30(20)10-14/h3-7,10-13,26H,8-9H2,1-2H3,(H,27,31)/t12-,13+. The maximum Gasteiger partial charge on any atom is 0.257 e. The Morgan fingerprint density at radius 3 is 2.68 bits per heavy atom. The van der Waals surface area contributed by atoms with Crippen LogP contribution < -0.4 is 15.5 Å². The van der Waals surface area contributed by atoms with Crippen molar-refractivity contribution in [1.82, 2.24) is 29.9 Å². The quantitative estimate of drug-likeness (QED) is 0.524. The highest BCUT2D eigenvalue weighted by Gasteiger charge is 2.24. The van der Waals surface area contributed by atoms with Gasteiger partial charge in [0.2, 0.25) is 0 Å². The number of piperazine rings is 1. The number of nitrogens with one attached hydrogen (secondary N) is 2. The molecule has 4 aromatic rings. The summed E-state index contributed by atoms with van der Waals surface area (Å²) in [5.41, 5.74) is 2.86. The Balaban J connectivity index is 1.50. The molecule has 0 spiro atoms. The highest BCUT2D eigenvalue weighted by atomic mass is 19.1. The summed E-state index contributed by atoms with van der Waals surface area (Å²) in [6, 6.07) is 5.53. The second-order valence-electron chi connectivity index (χ2n) is 7.85. The SMILES string of the molecule is C[C@@H]1CN(c2ccc(C(=O)Nc3cc(F)c4nncn4c3)c3nccnc23)C[C@H](C)N1. The summed E-state index contributed by atoms with van der Waals surface area (Å²) in [5.74, 6) is -0.969. The van der Waals surface area contributed by atoms with Gasteiger partial charge in [-0.25, -0.2) is 4.39 Å². The first-order valence-corrected chi connectivity index (χ1v) is 10.0. The normalized spacial score (nSPS) is 19.1. The number of carbonyl (C=O) groups excluding carboxylic acids is 1. The lowest BCUT2D eigenvalue weighted by atomic mass is 10.1. The fraction of sp³-hybridized carbons (Fsp3) is 0.286. The molecule has 1 aliphatic rings. The van der Waals surface area contributed by atoms with E-state index in [1.54, 1.807) is 24.7 Å². The molecule has 1 saturated heterocycles. The van der Waals surface area contributed by atoms with Gasteiger partial charge >= 0.3 is 0 Å². The third kappa shape index (κ3) is 3.55. The maximum atomic E-state index is 14.2. The maximum absolute atomic E-state index is 14.2. The van der Waals surface area contributed by atoms with Crippen LogP contribution in [0.5, 0.6) is 0 Å². The van der Waals surface area contributed by atoms with Crippen LogP contribution in [0, 0.1) is 5.82 Å². The van der Waals surface area contributed by atoms with Crippen LogP contribution in [-0.2, 0) is 0 Å². The molecule has 4 heterocycles. The van der Waals surface area contributed by atoms with Gasteiger partial charge in [0.15, 0.2) is 11.5 Å².